The Kier molecular flexibility index (Phi) is 24.0. The van der Waals surface area contributed by atoms with E-state index in [1.807, 2.05) is 164 Å². The van der Waals surface area contributed by atoms with Gasteiger partial charge in [0.25, 0.3) is 0 Å². The summed E-state index contributed by atoms with van der Waals surface area (Å²) >= 11 is 0. The summed E-state index contributed by atoms with van der Waals surface area (Å²) in [5, 5.41) is 20.6. The van der Waals surface area contributed by atoms with Crippen LogP contribution in [0.4, 0.5) is 77.0 Å². The molecule has 11 heteroatoms. The van der Waals surface area contributed by atoms with Gasteiger partial charge in [-0.1, -0.05) is 181 Å². The molecule has 0 radical (unpaired) electrons. The van der Waals surface area contributed by atoms with Crippen LogP contribution in [0, 0.1) is 25.5 Å². The van der Waals surface area contributed by atoms with Gasteiger partial charge in [-0.15, -0.1) is 0 Å². The van der Waals surface area contributed by atoms with Crippen molar-refractivity contribution >= 4 is 81.5 Å². The van der Waals surface area contributed by atoms with E-state index in [1.54, 1.807) is 38.5 Å². The molecule has 0 amide bonds. The molecule has 0 fully saturated rings. The second-order valence-electron chi connectivity index (χ2n) is 21.3. The van der Waals surface area contributed by atoms with E-state index in [0.29, 0.717) is 11.4 Å². The molecule has 0 bridgehead atoms. The molecule has 0 aliphatic rings. The Morgan fingerprint density at radius 2 is 0.533 bits per heavy atom. The van der Waals surface area contributed by atoms with Gasteiger partial charge in [-0.05, 0) is 184 Å². The van der Waals surface area contributed by atoms with Gasteiger partial charge in [0.2, 0.25) is 0 Å². The molecule has 0 heterocycles. The number of benzene rings is 12. The topological polar surface area (TPSA) is 90.6 Å². The quantitative estimate of drug-likeness (QED) is 0.0566. The first-order valence-electron chi connectivity index (χ1n) is 31.7. The molecule has 0 aliphatic carbocycles. The minimum Gasteiger partial charge on any atom is -0.497 e. The Hall–Kier alpha value is -10.9. The fourth-order valence-corrected chi connectivity index (χ4v) is 9.37. The largest absolute Gasteiger partial charge is 0.497 e. The third-order valence-corrected chi connectivity index (χ3v) is 15.0. The van der Waals surface area contributed by atoms with Gasteiger partial charge in [-0.25, -0.2) is 8.78 Å². The van der Waals surface area contributed by atoms with Crippen LogP contribution in [0.2, 0.25) is 19.6 Å². The molecule has 8 nitrogen and oxygen atoms in total. The number of nitrogens with one attached hydrogen (secondary N) is 6. The molecule has 12 aromatic carbocycles. The van der Waals surface area contributed by atoms with Gasteiger partial charge in [0, 0.05) is 74.3 Å². The average Bonchev–Trinajstić information content (AvgIpc) is 0.805. The molecule has 90 heavy (non-hydrogen) atoms. The van der Waals surface area contributed by atoms with E-state index in [4.69, 9.17) is 16.3 Å². The predicted octanol–water partition coefficient (Wildman–Crippen LogP) is 22.0. The van der Waals surface area contributed by atoms with Crippen molar-refractivity contribution < 1.29 is 25.1 Å². The normalized spacial score (nSPS) is 10.8. The zero-order chi connectivity index (χ0) is 68.0. The van der Waals surface area contributed by atoms with E-state index in [0.717, 1.165) is 68.8 Å². The summed E-state index contributed by atoms with van der Waals surface area (Å²) in [4.78, 5) is 0. The van der Waals surface area contributed by atoms with Crippen molar-refractivity contribution in [3.63, 3.8) is 0 Å². The van der Waals surface area contributed by atoms with Crippen LogP contribution in [0.25, 0.3) is 0 Å². The highest BCUT2D eigenvalue weighted by Gasteiger charge is 2.15. The molecule has 0 saturated carbocycles. The molecule has 12 aromatic rings. The van der Waals surface area contributed by atoms with Crippen molar-refractivity contribution in [1.29, 1.82) is 0 Å². The molecule has 0 unspecified atom stereocenters. The van der Waals surface area contributed by atoms with Gasteiger partial charge in [0.05, 0.1) is 29.1 Å². The number of rotatable bonds is 15. The summed E-state index contributed by atoms with van der Waals surface area (Å²) in [6, 6.07) is 91.8. The zero-order valence-corrected chi connectivity index (χ0v) is 52.8. The Bertz CT molecular complexity index is 4020. The summed E-state index contributed by atoms with van der Waals surface area (Å²) < 4.78 is 74.0. The lowest BCUT2D eigenvalue weighted by atomic mass is 10.2. The molecule has 12 rings (SSSR count). The standard InChI is InChI=1S/C15H19NSi.C14H15NO2.C14H15N.C12H9F2N.2C12H11N/c1-17(2,3)15-11-9-14(10-12-15)16-13-7-5-4-6-8-13;1-16-13-7-3-11(4-8-13)15-12-5-9-14(17-2)10-6-12;1-11-3-7-13(8-4-11)15-14-9-5-12(2)6-10-14;13-9-6-10(14)8-12(7-9)15-11-4-2-1-3-5-11;2*1-3-7-11(8-4-1)13-12-9-5-2-6-10-12/h4-12,16H,1-3H3;3-10,15H,1-2H3;3-10,15H,1-2H3;1-8,15H;2*1-10,13H/i;;;;1D,3D,4D,7D,8D;. The van der Waals surface area contributed by atoms with E-state index in [-0.39, 0.29) is 35.9 Å². The molecular formula is C79H80F2N6O2Si. The summed E-state index contributed by atoms with van der Waals surface area (Å²) in [7, 11) is 2.14. The van der Waals surface area contributed by atoms with Crippen molar-refractivity contribution in [3.05, 3.63) is 344 Å². The molecule has 0 saturated heterocycles. The summed E-state index contributed by atoms with van der Waals surface area (Å²) in [6.07, 6.45) is 0. The molecule has 0 atom stereocenters. The highest BCUT2D eigenvalue weighted by Crippen LogP contribution is 2.24. The molecule has 456 valence electrons. The second-order valence-corrected chi connectivity index (χ2v) is 26.3. The maximum atomic E-state index is 12.9. The van der Waals surface area contributed by atoms with Gasteiger partial charge < -0.3 is 41.4 Å². The van der Waals surface area contributed by atoms with E-state index in [1.165, 1.54) is 28.4 Å². The highest BCUT2D eigenvalue weighted by atomic mass is 28.3. The SMILES string of the molecule is COc1ccc(Nc2ccc(OC)cc2)cc1.C[Si](C)(C)c1ccc(Nc2ccccc2)cc1.Cc1ccc(Nc2ccc(C)cc2)cc1.Fc1cc(F)cc(Nc2ccccc2)c1.[2H]c1c([2H])c([2H])c(Nc2ccccc2)c([2H])c1[2H].c1ccc(Nc2ccccc2)cc1. The van der Waals surface area contributed by atoms with Crippen LogP contribution < -0.4 is 46.6 Å². The number of methoxy groups -OCH3 is 2. The fourth-order valence-electron chi connectivity index (χ4n) is 8.20. The maximum absolute atomic E-state index is 12.9. The van der Waals surface area contributed by atoms with Crippen LogP contribution in [0.3, 0.4) is 0 Å². The lowest BCUT2D eigenvalue weighted by Gasteiger charge is -2.17. The Balaban J connectivity index is 0.000000161. The Morgan fingerprint density at radius 1 is 0.289 bits per heavy atom. The van der Waals surface area contributed by atoms with Crippen LogP contribution in [-0.4, -0.2) is 22.3 Å². The van der Waals surface area contributed by atoms with Gasteiger partial charge in [-0.2, -0.15) is 0 Å². The first kappa shape index (κ1) is 59.4. The van der Waals surface area contributed by atoms with Gasteiger partial charge in [0.15, 0.2) is 0 Å². The van der Waals surface area contributed by atoms with Crippen LogP contribution >= 0.6 is 0 Å². The summed E-state index contributed by atoms with van der Waals surface area (Å²) in [5.74, 6) is 0.525. The molecule has 0 spiro atoms. The summed E-state index contributed by atoms with van der Waals surface area (Å²) in [6.45, 7) is 11.3. The Morgan fingerprint density at radius 3 is 0.811 bits per heavy atom. The molecule has 0 aromatic heterocycles. The first-order valence-corrected chi connectivity index (χ1v) is 32.7. The van der Waals surface area contributed by atoms with Crippen LogP contribution in [0.5, 0.6) is 11.5 Å². The highest BCUT2D eigenvalue weighted by molar-refractivity contribution is 6.88. The van der Waals surface area contributed by atoms with Crippen molar-refractivity contribution in [3.8, 4) is 11.5 Å². The lowest BCUT2D eigenvalue weighted by Crippen LogP contribution is -2.37. The van der Waals surface area contributed by atoms with Crippen LogP contribution in [-0.2, 0) is 0 Å². The van der Waals surface area contributed by atoms with E-state index in [2.05, 4.69) is 150 Å². The minimum absolute atomic E-state index is 0.0900. The van der Waals surface area contributed by atoms with E-state index in [9.17, 15) is 8.78 Å². The average molecular weight is 1220 g/mol. The number of ether oxygens (including phenoxy) is 2. The molecular weight excluding hydrogens is 1130 g/mol. The van der Waals surface area contributed by atoms with Gasteiger partial charge >= 0.3 is 0 Å². The predicted molar refractivity (Wildman–Crippen MR) is 382 cm³/mol. The zero-order valence-electron chi connectivity index (χ0n) is 56.8. The smallest absolute Gasteiger partial charge is 0.128 e. The summed E-state index contributed by atoms with van der Waals surface area (Å²) in [5.41, 5.74) is 13.4. The number of aryl methyl sites for hydroxylation is 2. The second kappa shape index (κ2) is 36.3. The van der Waals surface area contributed by atoms with Crippen molar-refractivity contribution in [1.82, 2.24) is 0 Å². The van der Waals surface area contributed by atoms with Crippen LogP contribution in [0.15, 0.2) is 321 Å². The van der Waals surface area contributed by atoms with Crippen LogP contribution in [0.1, 0.15) is 18.0 Å². The monoisotopic (exact) mass is 1220 g/mol. The van der Waals surface area contributed by atoms with Gasteiger partial charge in [0.1, 0.15) is 23.1 Å². The van der Waals surface area contributed by atoms with E-state index >= 15 is 0 Å². The fraction of sp³-hybridized carbons (Fsp3) is 0.0886. The van der Waals surface area contributed by atoms with Crippen molar-refractivity contribution in [2.75, 3.05) is 46.1 Å². The third-order valence-electron chi connectivity index (χ3n) is 13.0. The van der Waals surface area contributed by atoms with Crippen molar-refractivity contribution in [2.45, 2.75) is 33.5 Å². The third kappa shape index (κ3) is 25.2. The van der Waals surface area contributed by atoms with Crippen molar-refractivity contribution in [2.24, 2.45) is 0 Å². The van der Waals surface area contributed by atoms with Gasteiger partial charge in [-0.3, -0.25) is 0 Å². The number of para-hydroxylation sites is 6. The lowest BCUT2D eigenvalue weighted by molar-refractivity contribution is 0.415. The number of anilines is 12. The van der Waals surface area contributed by atoms with E-state index < -0.39 is 19.7 Å². The number of halogens is 2. The molecule has 6 N–H and O–H groups in total. The molecule has 0 aliphatic heterocycles. The number of hydrogen-bond acceptors (Lipinski definition) is 8. The first-order chi connectivity index (χ1) is 45.8. The minimum atomic E-state index is -1.18. The number of hydrogen-bond donors (Lipinski definition) is 6. The maximum Gasteiger partial charge on any atom is 0.128 e. The Labute approximate surface area is 539 Å².